The molecule has 0 bridgehead atoms. The lowest BCUT2D eigenvalue weighted by Crippen LogP contribution is -2.51. The molecule has 0 saturated carbocycles. The number of sulfonamides is 1. The molecule has 26 heavy (non-hydrogen) atoms. The van der Waals surface area contributed by atoms with Crippen molar-refractivity contribution in [3.63, 3.8) is 0 Å². The molecule has 0 radical (unpaired) electrons. The lowest BCUT2D eigenvalue weighted by molar-refractivity contribution is -0.113. The van der Waals surface area contributed by atoms with Crippen molar-refractivity contribution in [3.05, 3.63) is 42.5 Å². The second kappa shape index (κ2) is 8.01. The van der Waals surface area contributed by atoms with Crippen LogP contribution in [0.5, 0.6) is 0 Å². The van der Waals surface area contributed by atoms with Gasteiger partial charge >= 0.3 is 0 Å². The van der Waals surface area contributed by atoms with Crippen LogP contribution < -0.4 is 4.90 Å². The molecule has 142 valence electrons. The van der Waals surface area contributed by atoms with E-state index in [0.717, 1.165) is 0 Å². The van der Waals surface area contributed by atoms with E-state index in [4.69, 9.17) is 0 Å². The van der Waals surface area contributed by atoms with Crippen LogP contribution in [0.4, 0.5) is 5.69 Å². The summed E-state index contributed by atoms with van der Waals surface area (Å²) in [5.41, 5.74) is 1.17. The zero-order valence-corrected chi connectivity index (χ0v) is 16.2. The van der Waals surface area contributed by atoms with Gasteiger partial charge in [0.2, 0.25) is 15.9 Å². The van der Waals surface area contributed by atoms with Crippen molar-refractivity contribution in [3.8, 4) is 0 Å². The molecule has 2 rings (SSSR count). The minimum Gasteiger partial charge on any atom is -0.336 e. The smallest absolute Gasteiger partial charge is 0.253 e. The highest BCUT2D eigenvalue weighted by Gasteiger charge is 2.31. The van der Waals surface area contributed by atoms with Crippen LogP contribution in [-0.2, 0) is 14.8 Å². The zero-order chi connectivity index (χ0) is 19.5. The third-order valence-electron chi connectivity index (χ3n) is 4.49. The molecular formula is C18H25N3O4S. The van der Waals surface area contributed by atoms with Crippen molar-refractivity contribution >= 4 is 27.5 Å². The van der Waals surface area contributed by atoms with Gasteiger partial charge < -0.3 is 9.80 Å². The summed E-state index contributed by atoms with van der Waals surface area (Å²) < 4.78 is 25.8. The number of hydrogen-bond donors (Lipinski definition) is 0. The first kappa shape index (κ1) is 20.1. The van der Waals surface area contributed by atoms with Gasteiger partial charge in [0.15, 0.2) is 0 Å². The molecule has 0 atom stereocenters. The van der Waals surface area contributed by atoms with Crippen LogP contribution in [-0.4, -0.2) is 67.9 Å². The third-order valence-corrected chi connectivity index (χ3v) is 6.76. The minimum atomic E-state index is -3.29. The lowest BCUT2D eigenvalue weighted by atomic mass is 10.1. The number of likely N-dealkylation sites (N-methyl/N-ethyl adjacent to an activating group) is 1. The number of carbonyl (C=O) groups excluding carboxylic acids is 2. The Morgan fingerprint density at radius 3 is 2.12 bits per heavy atom. The summed E-state index contributed by atoms with van der Waals surface area (Å²) in [7, 11) is -1.66. The fourth-order valence-electron chi connectivity index (χ4n) is 2.72. The molecule has 1 saturated heterocycles. The molecule has 0 spiro atoms. The van der Waals surface area contributed by atoms with Crippen molar-refractivity contribution in [1.29, 1.82) is 0 Å². The molecule has 0 aromatic heterocycles. The van der Waals surface area contributed by atoms with E-state index in [9.17, 15) is 18.0 Å². The number of amides is 2. The second-order valence-corrected chi connectivity index (χ2v) is 8.92. The molecule has 1 aliphatic heterocycles. The average molecular weight is 379 g/mol. The number of benzene rings is 1. The van der Waals surface area contributed by atoms with Crippen molar-refractivity contribution in [2.45, 2.75) is 19.1 Å². The van der Waals surface area contributed by atoms with E-state index in [1.807, 2.05) is 0 Å². The largest absolute Gasteiger partial charge is 0.336 e. The number of piperazine rings is 1. The van der Waals surface area contributed by atoms with Gasteiger partial charge in [-0.05, 0) is 44.2 Å². The van der Waals surface area contributed by atoms with Crippen molar-refractivity contribution in [1.82, 2.24) is 9.21 Å². The number of nitrogens with zero attached hydrogens (tertiary/aromatic N) is 3. The second-order valence-electron chi connectivity index (χ2n) is 6.43. The summed E-state index contributed by atoms with van der Waals surface area (Å²) in [4.78, 5) is 27.3. The maximum atomic E-state index is 12.6. The van der Waals surface area contributed by atoms with Gasteiger partial charge in [0, 0.05) is 44.5 Å². The quantitative estimate of drug-likeness (QED) is 0.723. The molecule has 2 amide bonds. The average Bonchev–Trinajstić information content (AvgIpc) is 2.66. The van der Waals surface area contributed by atoms with E-state index in [1.165, 1.54) is 15.3 Å². The van der Waals surface area contributed by atoms with E-state index in [2.05, 4.69) is 6.58 Å². The highest BCUT2D eigenvalue weighted by Crippen LogP contribution is 2.18. The standard InChI is InChI=1S/C18H25N3O4S/c1-5-17(22)19(4)16-8-6-15(7-9-16)18(23)20-10-12-21(13-11-20)26(24,25)14(2)3/h5-9,14H,1,10-13H2,2-4H3. The third kappa shape index (κ3) is 4.13. The van der Waals surface area contributed by atoms with Crippen LogP contribution in [0.1, 0.15) is 24.2 Å². The topological polar surface area (TPSA) is 78.0 Å². The van der Waals surface area contributed by atoms with Gasteiger partial charge in [0.1, 0.15) is 0 Å². The molecule has 1 heterocycles. The summed E-state index contributed by atoms with van der Waals surface area (Å²) in [6.07, 6.45) is 1.23. The molecule has 0 unspecified atom stereocenters. The summed E-state index contributed by atoms with van der Waals surface area (Å²) in [5.74, 6) is -0.373. The first-order valence-electron chi connectivity index (χ1n) is 8.47. The highest BCUT2D eigenvalue weighted by molar-refractivity contribution is 7.89. The molecule has 0 aliphatic carbocycles. The fourth-order valence-corrected chi connectivity index (χ4v) is 3.99. The van der Waals surface area contributed by atoms with Crippen LogP contribution in [0.25, 0.3) is 0 Å². The Balaban J connectivity index is 2.03. The van der Waals surface area contributed by atoms with E-state index in [0.29, 0.717) is 37.4 Å². The molecule has 8 heteroatoms. The fraction of sp³-hybridized carbons (Fsp3) is 0.444. The van der Waals surface area contributed by atoms with Crippen molar-refractivity contribution in [2.75, 3.05) is 38.1 Å². The van der Waals surface area contributed by atoms with Gasteiger partial charge in [-0.25, -0.2) is 8.42 Å². The maximum absolute atomic E-state index is 12.6. The van der Waals surface area contributed by atoms with Gasteiger partial charge in [-0.2, -0.15) is 4.31 Å². The Morgan fingerprint density at radius 1 is 1.12 bits per heavy atom. The number of anilines is 1. The molecule has 1 aliphatic rings. The van der Waals surface area contributed by atoms with E-state index < -0.39 is 15.3 Å². The van der Waals surface area contributed by atoms with Crippen LogP contribution in [0.15, 0.2) is 36.9 Å². The molecule has 7 nitrogen and oxygen atoms in total. The van der Waals surface area contributed by atoms with Crippen LogP contribution in [0.3, 0.4) is 0 Å². The summed E-state index contributed by atoms with van der Waals surface area (Å²) in [6, 6.07) is 6.74. The molecule has 0 N–H and O–H groups in total. The van der Waals surface area contributed by atoms with E-state index >= 15 is 0 Å². The molecule has 1 fully saturated rings. The van der Waals surface area contributed by atoms with Gasteiger partial charge in [-0.3, -0.25) is 9.59 Å². The first-order chi connectivity index (χ1) is 12.2. The minimum absolute atomic E-state index is 0.143. The van der Waals surface area contributed by atoms with Gasteiger partial charge in [0.05, 0.1) is 5.25 Å². The van der Waals surface area contributed by atoms with Crippen LogP contribution >= 0.6 is 0 Å². The van der Waals surface area contributed by atoms with Crippen molar-refractivity contribution < 1.29 is 18.0 Å². The molecular weight excluding hydrogens is 354 g/mol. The zero-order valence-electron chi connectivity index (χ0n) is 15.4. The maximum Gasteiger partial charge on any atom is 0.253 e. The first-order valence-corrected chi connectivity index (χ1v) is 9.97. The van der Waals surface area contributed by atoms with Gasteiger partial charge in [-0.1, -0.05) is 6.58 Å². The van der Waals surface area contributed by atoms with Crippen LogP contribution in [0, 0.1) is 0 Å². The summed E-state index contributed by atoms with van der Waals surface area (Å²) in [5, 5.41) is -0.465. The van der Waals surface area contributed by atoms with Gasteiger partial charge in [-0.15, -0.1) is 0 Å². The number of rotatable bonds is 5. The molecule has 1 aromatic carbocycles. The normalized spacial score (nSPS) is 15.8. The lowest BCUT2D eigenvalue weighted by Gasteiger charge is -2.35. The number of carbonyl (C=O) groups is 2. The summed E-state index contributed by atoms with van der Waals surface area (Å²) >= 11 is 0. The van der Waals surface area contributed by atoms with Crippen molar-refractivity contribution in [2.24, 2.45) is 0 Å². The Labute approximate surface area is 154 Å². The SMILES string of the molecule is C=CC(=O)N(C)c1ccc(C(=O)N2CCN(S(=O)(=O)C(C)C)CC2)cc1. The predicted molar refractivity (Wildman–Crippen MR) is 102 cm³/mol. The monoisotopic (exact) mass is 379 g/mol. The predicted octanol–water partition coefficient (Wildman–Crippen LogP) is 1.33. The van der Waals surface area contributed by atoms with Gasteiger partial charge in [0.25, 0.3) is 5.91 Å². The number of hydrogen-bond acceptors (Lipinski definition) is 4. The van der Waals surface area contributed by atoms with E-state index in [-0.39, 0.29) is 11.8 Å². The highest BCUT2D eigenvalue weighted by atomic mass is 32.2. The Kier molecular flexibility index (Phi) is 6.20. The van der Waals surface area contributed by atoms with Crippen LogP contribution in [0.2, 0.25) is 0 Å². The Hall–Kier alpha value is -2.19. The Morgan fingerprint density at radius 2 is 1.65 bits per heavy atom. The molecule has 1 aromatic rings. The Bertz CT molecular complexity index is 779. The summed E-state index contributed by atoms with van der Waals surface area (Å²) in [6.45, 7) is 8.10. The van der Waals surface area contributed by atoms with E-state index in [1.54, 1.807) is 50.1 Å².